The zero-order valence-electron chi connectivity index (χ0n) is 20.3. The molecule has 0 unspecified atom stereocenters. The molecule has 4 aromatic rings. The number of amides is 1. The lowest BCUT2D eigenvalue weighted by Gasteiger charge is -2.37. The van der Waals surface area contributed by atoms with Crippen molar-refractivity contribution in [3.8, 4) is 0 Å². The third-order valence-corrected chi connectivity index (χ3v) is 8.32. The van der Waals surface area contributed by atoms with Crippen LogP contribution in [0.3, 0.4) is 0 Å². The molecule has 6 rings (SSSR count). The minimum atomic E-state index is 0.118. The highest BCUT2D eigenvalue weighted by Gasteiger charge is 2.36. The van der Waals surface area contributed by atoms with E-state index in [0.29, 0.717) is 12.3 Å². The first-order valence-electron chi connectivity index (χ1n) is 12.7. The van der Waals surface area contributed by atoms with Crippen LogP contribution in [-0.2, 0) is 24.1 Å². The Morgan fingerprint density at radius 2 is 1.94 bits per heavy atom. The van der Waals surface area contributed by atoms with Gasteiger partial charge in [-0.15, -0.1) is 0 Å². The number of piperidine rings is 1. The van der Waals surface area contributed by atoms with Crippen LogP contribution in [0.25, 0.3) is 10.9 Å². The number of carbonyl (C=O) groups excluding carboxylic acids is 1. The van der Waals surface area contributed by atoms with Gasteiger partial charge in [0.15, 0.2) is 12.4 Å². The summed E-state index contributed by atoms with van der Waals surface area (Å²) in [6.45, 7) is 3.61. The summed E-state index contributed by atoms with van der Waals surface area (Å²) in [7, 11) is 0. The minimum absolute atomic E-state index is 0.118. The SMILES string of the molecule is Cc1c[nH]c2c(Cl)cc3c(c12)[C@H](C1CCN(C(=O)Cc2cc[n+]([O-])cc2)CC1)c1ncccc1CC3. The molecule has 7 heteroatoms. The van der Waals surface area contributed by atoms with E-state index in [2.05, 4.69) is 30.2 Å². The molecule has 0 saturated carbocycles. The maximum Gasteiger partial charge on any atom is 0.226 e. The molecule has 184 valence electrons. The number of benzene rings is 1. The maximum atomic E-state index is 13.0. The predicted molar refractivity (Wildman–Crippen MR) is 140 cm³/mol. The van der Waals surface area contributed by atoms with Crippen LogP contribution >= 0.6 is 11.6 Å². The van der Waals surface area contributed by atoms with Gasteiger partial charge in [0, 0.05) is 48.9 Å². The Bertz CT molecular complexity index is 1440. The van der Waals surface area contributed by atoms with E-state index in [4.69, 9.17) is 16.6 Å². The smallest absolute Gasteiger partial charge is 0.226 e. The molecule has 1 saturated heterocycles. The number of nitrogens with one attached hydrogen (secondary N) is 1. The van der Waals surface area contributed by atoms with Crippen LogP contribution in [0.2, 0.25) is 5.02 Å². The molecule has 0 bridgehead atoms. The molecule has 1 fully saturated rings. The maximum absolute atomic E-state index is 13.0. The van der Waals surface area contributed by atoms with E-state index in [1.54, 1.807) is 12.1 Å². The molecule has 1 amide bonds. The summed E-state index contributed by atoms with van der Waals surface area (Å²) < 4.78 is 0.742. The van der Waals surface area contributed by atoms with Crippen molar-refractivity contribution in [3.63, 3.8) is 0 Å². The highest BCUT2D eigenvalue weighted by molar-refractivity contribution is 6.35. The van der Waals surface area contributed by atoms with Crippen LogP contribution in [0.5, 0.6) is 0 Å². The van der Waals surface area contributed by atoms with E-state index in [-0.39, 0.29) is 11.8 Å². The number of aromatic nitrogens is 3. The van der Waals surface area contributed by atoms with Gasteiger partial charge in [0.1, 0.15) is 0 Å². The summed E-state index contributed by atoms with van der Waals surface area (Å²) in [6, 6.07) is 9.85. The fourth-order valence-corrected chi connectivity index (χ4v) is 6.50. The molecule has 0 radical (unpaired) electrons. The Kier molecular flexibility index (Phi) is 5.92. The third-order valence-electron chi connectivity index (χ3n) is 8.02. The average molecular weight is 501 g/mol. The van der Waals surface area contributed by atoms with E-state index >= 15 is 0 Å². The molecular formula is C29H29ClN4O2. The monoisotopic (exact) mass is 500 g/mol. The van der Waals surface area contributed by atoms with Gasteiger partial charge in [-0.05, 0) is 78.5 Å². The molecule has 1 atom stereocenters. The Labute approximate surface area is 215 Å². The van der Waals surface area contributed by atoms with E-state index < -0.39 is 0 Å². The first-order valence-corrected chi connectivity index (χ1v) is 13.1. The molecule has 1 aromatic carbocycles. The van der Waals surface area contributed by atoms with Gasteiger partial charge in [-0.1, -0.05) is 17.7 Å². The van der Waals surface area contributed by atoms with Crippen LogP contribution in [0.15, 0.2) is 55.1 Å². The van der Waals surface area contributed by atoms with Gasteiger partial charge in [-0.2, -0.15) is 4.73 Å². The molecule has 1 aliphatic heterocycles. The Balaban J connectivity index is 1.32. The molecule has 36 heavy (non-hydrogen) atoms. The van der Waals surface area contributed by atoms with Crippen LogP contribution in [0, 0.1) is 18.0 Å². The Hall–Kier alpha value is -3.38. The lowest BCUT2D eigenvalue weighted by Crippen LogP contribution is -2.41. The zero-order chi connectivity index (χ0) is 24.8. The quantitative estimate of drug-likeness (QED) is 0.322. The summed E-state index contributed by atoms with van der Waals surface area (Å²) in [5, 5.41) is 13.3. The van der Waals surface area contributed by atoms with Gasteiger partial charge < -0.3 is 15.1 Å². The number of hydrogen-bond acceptors (Lipinski definition) is 3. The number of halogens is 1. The molecule has 1 aliphatic carbocycles. The standard InChI is InChI=1S/C29H29ClN4O2/c1-18-17-32-29-23(30)16-22-5-4-21-3-2-10-31-28(21)27(26(22)25(18)29)20-8-11-33(12-9-20)24(35)15-19-6-13-34(36)14-7-19/h2-3,6-7,10,13-14,16-17,20,27,32H,4-5,8-9,11-12,15H2,1H3/t27-/m0/s1. The van der Waals surface area contributed by atoms with Crippen molar-refractivity contribution in [2.45, 2.75) is 44.9 Å². The molecular weight excluding hydrogens is 472 g/mol. The number of aromatic amines is 1. The topological polar surface area (TPSA) is 75.9 Å². The number of carbonyl (C=O) groups is 1. The summed E-state index contributed by atoms with van der Waals surface area (Å²) in [6.07, 6.45) is 10.9. The van der Waals surface area contributed by atoms with Crippen LogP contribution in [0.1, 0.15) is 52.3 Å². The van der Waals surface area contributed by atoms with Gasteiger partial charge in [0.2, 0.25) is 5.91 Å². The van der Waals surface area contributed by atoms with Gasteiger partial charge in [0.05, 0.1) is 22.7 Å². The van der Waals surface area contributed by atoms with Gasteiger partial charge in [-0.3, -0.25) is 9.78 Å². The second kappa shape index (κ2) is 9.25. The van der Waals surface area contributed by atoms with Crippen molar-refractivity contribution in [3.05, 3.63) is 98.9 Å². The summed E-state index contributed by atoms with van der Waals surface area (Å²) in [5.41, 5.74) is 8.26. The molecule has 4 heterocycles. The van der Waals surface area contributed by atoms with Crippen molar-refractivity contribution in [1.82, 2.24) is 14.9 Å². The molecule has 6 nitrogen and oxygen atoms in total. The summed E-state index contributed by atoms with van der Waals surface area (Å²) in [4.78, 5) is 23.3. The fourth-order valence-electron chi connectivity index (χ4n) is 6.22. The second-order valence-electron chi connectivity index (χ2n) is 10.1. The van der Waals surface area contributed by atoms with Crippen molar-refractivity contribution in [2.24, 2.45) is 5.92 Å². The summed E-state index contributed by atoms with van der Waals surface area (Å²) >= 11 is 6.72. The fraction of sp³-hybridized carbons (Fsp3) is 0.345. The Morgan fingerprint density at radius 3 is 2.72 bits per heavy atom. The molecule has 2 aliphatic rings. The van der Waals surface area contributed by atoms with Gasteiger partial charge in [-0.25, -0.2) is 0 Å². The molecule has 0 spiro atoms. The number of rotatable bonds is 3. The number of hydrogen-bond donors (Lipinski definition) is 1. The number of likely N-dealkylation sites (tertiary alicyclic amines) is 1. The molecule has 3 aromatic heterocycles. The lowest BCUT2D eigenvalue weighted by molar-refractivity contribution is -0.605. The largest absolute Gasteiger partial charge is 0.619 e. The first kappa shape index (κ1) is 23.0. The van der Waals surface area contributed by atoms with E-state index in [9.17, 15) is 10.0 Å². The van der Waals surface area contributed by atoms with Gasteiger partial charge in [0.25, 0.3) is 0 Å². The Morgan fingerprint density at radius 1 is 1.19 bits per heavy atom. The number of pyridine rings is 2. The van der Waals surface area contributed by atoms with Crippen molar-refractivity contribution in [1.29, 1.82) is 0 Å². The second-order valence-corrected chi connectivity index (χ2v) is 10.5. The van der Waals surface area contributed by atoms with Crippen molar-refractivity contribution < 1.29 is 9.52 Å². The lowest BCUT2D eigenvalue weighted by atomic mass is 9.75. The number of nitrogens with zero attached hydrogens (tertiary/aromatic N) is 3. The number of aryl methyl sites for hydroxylation is 3. The normalized spacial score (nSPS) is 18.1. The highest BCUT2D eigenvalue weighted by atomic mass is 35.5. The van der Waals surface area contributed by atoms with Crippen molar-refractivity contribution >= 4 is 28.4 Å². The average Bonchev–Trinajstić information content (AvgIpc) is 3.20. The molecule has 1 N–H and O–H groups in total. The van der Waals surface area contributed by atoms with E-state index in [1.807, 2.05) is 17.2 Å². The third kappa shape index (κ3) is 4.03. The van der Waals surface area contributed by atoms with Gasteiger partial charge >= 0.3 is 0 Å². The van der Waals surface area contributed by atoms with E-state index in [0.717, 1.165) is 59.6 Å². The number of H-pyrrole nitrogens is 1. The highest BCUT2D eigenvalue weighted by Crippen LogP contribution is 2.47. The number of fused-ring (bicyclic) bond motifs is 4. The van der Waals surface area contributed by atoms with Crippen LogP contribution in [-0.4, -0.2) is 33.9 Å². The van der Waals surface area contributed by atoms with Crippen molar-refractivity contribution in [2.75, 3.05) is 13.1 Å². The summed E-state index contributed by atoms with van der Waals surface area (Å²) in [5.74, 6) is 0.675. The predicted octanol–water partition coefficient (Wildman–Crippen LogP) is 4.87. The van der Waals surface area contributed by atoms with Crippen LogP contribution < -0.4 is 4.73 Å². The zero-order valence-corrected chi connectivity index (χ0v) is 21.1. The first-order chi connectivity index (χ1) is 17.5. The van der Waals surface area contributed by atoms with Crippen LogP contribution in [0.4, 0.5) is 0 Å². The van der Waals surface area contributed by atoms with E-state index in [1.165, 1.54) is 45.7 Å². The minimum Gasteiger partial charge on any atom is -0.619 e.